The van der Waals surface area contributed by atoms with Gasteiger partial charge in [0, 0.05) is 47.4 Å². The second kappa shape index (κ2) is 10.2. The molecule has 1 aliphatic heterocycles. The Labute approximate surface area is 219 Å². The summed E-state index contributed by atoms with van der Waals surface area (Å²) in [7, 11) is 1.58. The lowest BCUT2D eigenvalue weighted by Crippen LogP contribution is -2.55. The molecule has 2 aromatic heterocycles. The van der Waals surface area contributed by atoms with Crippen molar-refractivity contribution in [1.82, 2.24) is 19.9 Å². The predicted molar refractivity (Wildman–Crippen MR) is 141 cm³/mol. The molecule has 10 heteroatoms. The molecule has 0 saturated carbocycles. The highest BCUT2D eigenvalue weighted by atomic mass is 32.2. The fourth-order valence-electron chi connectivity index (χ4n) is 4.97. The van der Waals surface area contributed by atoms with Crippen LogP contribution in [0.3, 0.4) is 0 Å². The number of carboxylic acids is 1. The molecule has 0 radical (unpaired) electrons. The molecule has 8 nitrogen and oxygen atoms in total. The van der Waals surface area contributed by atoms with Crippen molar-refractivity contribution in [2.45, 2.75) is 50.1 Å². The second-order valence-corrected chi connectivity index (χ2v) is 11.7. The Hall–Kier alpha value is -2.98. The van der Waals surface area contributed by atoms with Crippen molar-refractivity contribution in [2.75, 3.05) is 19.1 Å². The van der Waals surface area contributed by atoms with Gasteiger partial charge in [0.05, 0.1) is 18.8 Å². The number of carbonyl (C=O) groups is 2. The summed E-state index contributed by atoms with van der Waals surface area (Å²) in [5.74, 6) is -0.986. The van der Waals surface area contributed by atoms with E-state index in [4.69, 9.17) is 4.74 Å². The molecule has 4 rings (SSSR count). The van der Waals surface area contributed by atoms with Gasteiger partial charge in [0.1, 0.15) is 10.8 Å². The van der Waals surface area contributed by atoms with E-state index in [1.807, 2.05) is 17.7 Å². The minimum Gasteiger partial charge on any atom is -0.496 e. The molecule has 0 spiro atoms. The maximum absolute atomic E-state index is 14.3. The van der Waals surface area contributed by atoms with Crippen LogP contribution in [0.1, 0.15) is 65.8 Å². The first kappa shape index (κ1) is 26.1. The standard InChI is InChI=1S/C26H30N4O4S2/c1-25(2,3)18-7-6-16(12-20(18)34-4)23(31)30-21(22-29-10-11-36-22)17(19-14-27-8-9-28-19)13-26(30,15-35-5)24(32)33/h6-12,14,17,21H,13,15H2,1-5H3,(H,32,33)/t17-,21-,26-/m1/s1. The lowest BCUT2D eigenvalue weighted by molar-refractivity contribution is -0.147. The van der Waals surface area contributed by atoms with Crippen LogP contribution in [0.2, 0.25) is 0 Å². The Morgan fingerprint density at radius 1 is 1.25 bits per heavy atom. The first-order valence-electron chi connectivity index (χ1n) is 11.5. The number of hydrogen-bond donors (Lipinski definition) is 1. The van der Waals surface area contributed by atoms with Gasteiger partial charge in [-0.05, 0) is 35.8 Å². The van der Waals surface area contributed by atoms with Gasteiger partial charge < -0.3 is 14.7 Å². The van der Waals surface area contributed by atoms with Gasteiger partial charge in [-0.15, -0.1) is 11.3 Å². The van der Waals surface area contributed by atoms with E-state index in [-0.39, 0.29) is 29.4 Å². The first-order valence-corrected chi connectivity index (χ1v) is 13.8. The normalized spacial score (nSPS) is 22.0. The zero-order chi connectivity index (χ0) is 26.1. The molecule has 3 aromatic rings. The van der Waals surface area contributed by atoms with Crippen molar-refractivity contribution < 1.29 is 19.4 Å². The molecule has 0 aliphatic carbocycles. The third kappa shape index (κ3) is 4.59. The SMILES string of the molecule is COc1cc(C(=O)N2[C@@H](c3nccs3)[C@@H](c3cnccn3)C[C@@]2(CSC)C(=O)O)ccc1C(C)(C)C. The average Bonchev–Trinajstić information content (AvgIpc) is 3.50. The van der Waals surface area contributed by atoms with Crippen molar-refractivity contribution in [3.63, 3.8) is 0 Å². The van der Waals surface area contributed by atoms with Crippen LogP contribution in [0, 0.1) is 0 Å². The van der Waals surface area contributed by atoms with Gasteiger partial charge in [-0.1, -0.05) is 26.8 Å². The Bertz CT molecular complexity index is 1230. The summed E-state index contributed by atoms with van der Waals surface area (Å²) in [6.45, 7) is 6.22. The first-order chi connectivity index (χ1) is 17.1. The van der Waals surface area contributed by atoms with Gasteiger partial charge >= 0.3 is 5.97 Å². The molecule has 1 aliphatic rings. The zero-order valence-corrected chi connectivity index (χ0v) is 22.6. The van der Waals surface area contributed by atoms with Crippen LogP contribution >= 0.6 is 23.1 Å². The van der Waals surface area contributed by atoms with Crippen LogP contribution in [0.4, 0.5) is 0 Å². The van der Waals surface area contributed by atoms with E-state index >= 15 is 0 Å². The summed E-state index contributed by atoms with van der Waals surface area (Å²) in [5.41, 5.74) is 0.328. The molecule has 1 saturated heterocycles. The lowest BCUT2D eigenvalue weighted by atomic mass is 9.85. The van der Waals surface area contributed by atoms with E-state index in [0.717, 1.165) is 5.56 Å². The number of thioether (sulfide) groups is 1. The maximum atomic E-state index is 14.3. The Morgan fingerprint density at radius 3 is 2.58 bits per heavy atom. The van der Waals surface area contributed by atoms with Crippen molar-refractivity contribution in [1.29, 1.82) is 0 Å². The Morgan fingerprint density at radius 2 is 2.03 bits per heavy atom. The highest BCUT2D eigenvalue weighted by Gasteiger charge is 2.60. The molecular formula is C26H30N4O4S2. The van der Waals surface area contributed by atoms with Crippen LogP contribution < -0.4 is 4.74 Å². The smallest absolute Gasteiger partial charge is 0.330 e. The van der Waals surface area contributed by atoms with Crippen LogP contribution in [0.5, 0.6) is 5.75 Å². The number of ether oxygens (including phenoxy) is 1. The molecule has 1 aromatic carbocycles. The molecule has 190 valence electrons. The molecule has 3 atom stereocenters. The van der Waals surface area contributed by atoms with E-state index in [1.54, 1.807) is 44.0 Å². The second-order valence-electron chi connectivity index (χ2n) is 9.87. The van der Waals surface area contributed by atoms with Crippen molar-refractivity contribution in [2.24, 2.45) is 0 Å². The van der Waals surface area contributed by atoms with E-state index in [0.29, 0.717) is 22.0 Å². The van der Waals surface area contributed by atoms with Crippen LogP contribution in [0.15, 0.2) is 48.4 Å². The van der Waals surface area contributed by atoms with E-state index in [1.165, 1.54) is 28.0 Å². The van der Waals surface area contributed by atoms with Crippen LogP contribution in [-0.4, -0.2) is 61.5 Å². The van der Waals surface area contributed by atoms with Gasteiger partial charge in [-0.3, -0.25) is 14.8 Å². The molecular weight excluding hydrogens is 496 g/mol. The number of aromatic nitrogens is 3. The summed E-state index contributed by atoms with van der Waals surface area (Å²) in [5, 5.41) is 13.1. The molecule has 1 amide bonds. The van der Waals surface area contributed by atoms with Crippen molar-refractivity contribution in [3.8, 4) is 5.75 Å². The molecule has 1 fully saturated rings. The van der Waals surface area contributed by atoms with Gasteiger partial charge in [0.25, 0.3) is 5.91 Å². The summed E-state index contributed by atoms with van der Waals surface area (Å²) in [6, 6.07) is 4.75. The number of carbonyl (C=O) groups excluding carboxylic acids is 1. The van der Waals surface area contributed by atoms with E-state index < -0.39 is 17.6 Å². The summed E-state index contributed by atoms with van der Waals surface area (Å²) < 4.78 is 5.64. The number of rotatable bonds is 7. The van der Waals surface area contributed by atoms with Crippen molar-refractivity contribution >= 4 is 35.0 Å². The number of benzene rings is 1. The number of thiazole rings is 1. The highest BCUT2D eigenvalue weighted by molar-refractivity contribution is 7.98. The van der Waals surface area contributed by atoms with Gasteiger partial charge in [0.2, 0.25) is 0 Å². The topological polar surface area (TPSA) is 106 Å². The number of hydrogen-bond acceptors (Lipinski definition) is 8. The third-order valence-corrected chi connectivity index (χ3v) is 8.21. The zero-order valence-electron chi connectivity index (χ0n) is 21.0. The number of likely N-dealkylation sites (tertiary alicyclic amines) is 1. The Balaban J connectivity index is 1.91. The number of carboxylic acid groups (broad SMARTS) is 1. The number of aliphatic carboxylic acids is 1. The minimum absolute atomic E-state index is 0.190. The largest absolute Gasteiger partial charge is 0.496 e. The minimum atomic E-state index is -1.45. The summed E-state index contributed by atoms with van der Waals surface area (Å²) in [6.07, 6.45) is 8.54. The Kier molecular flexibility index (Phi) is 7.38. The predicted octanol–water partition coefficient (Wildman–Crippen LogP) is 4.80. The highest BCUT2D eigenvalue weighted by Crippen LogP contribution is 2.53. The van der Waals surface area contributed by atoms with E-state index in [9.17, 15) is 14.7 Å². The number of methoxy groups -OCH3 is 1. The van der Waals surface area contributed by atoms with Crippen molar-refractivity contribution in [3.05, 3.63) is 70.2 Å². The fourth-order valence-corrected chi connectivity index (χ4v) is 6.62. The van der Waals surface area contributed by atoms with Gasteiger partial charge in [-0.2, -0.15) is 11.8 Å². The molecule has 0 bridgehead atoms. The summed E-state index contributed by atoms with van der Waals surface area (Å²) >= 11 is 2.80. The van der Waals surface area contributed by atoms with Crippen LogP contribution in [0.25, 0.3) is 0 Å². The number of nitrogens with zero attached hydrogens (tertiary/aromatic N) is 4. The monoisotopic (exact) mass is 526 g/mol. The molecule has 3 heterocycles. The van der Waals surface area contributed by atoms with Crippen LogP contribution in [-0.2, 0) is 10.2 Å². The quantitative estimate of drug-likeness (QED) is 0.468. The fraction of sp³-hybridized carbons (Fsp3) is 0.423. The van der Waals surface area contributed by atoms with E-state index in [2.05, 4.69) is 35.7 Å². The van der Waals surface area contributed by atoms with Gasteiger partial charge in [0.15, 0.2) is 5.54 Å². The number of amides is 1. The average molecular weight is 527 g/mol. The molecule has 36 heavy (non-hydrogen) atoms. The summed E-state index contributed by atoms with van der Waals surface area (Å²) in [4.78, 5) is 42.0. The molecule has 1 N–H and O–H groups in total. The third-order valence-electron chi connectivity index (χ3n) is 6.60. The molecule has 0 unspecified atom stereocenters. The van der Waals surface area contributed by atoms with Gasteiger partial charge in [-0.25, -0.2) is 9.78 Å². The maximum Gasteiger partial charge on any atom is 0.330 e. The lowest BCUT2D eigenvalue weighted by Gasteiger charge is -2.37.